The lowest BCUT2D eigenvalue weighted by molar-refractivity contribution is -0.00543. The molecule has 0 aliphatic heterocycles. The molecule has 2 unspecified atom stereocenters. The number of ether oxygens (including phenoxy) is 1. The minimum absolute atomic E-state index is 0.116. The van der Waals surface area contributed by atoms with E-state index in [1.807, 2.05) is 13.0 Å². The van der Waals surface area contributed by atoms with E-state index in [1.165, 1.54) is 25.3 Å². The fraction of sp³-hybridized carbons (Fsp3) is 0.625. The zero-order valence-electron chi connectivity index (χ0n) is 12.1. The van der Waals surface area contributed by atoms with Crippen LogP contribution in [0.2, 0.25) is 0 Å². The molecule has 0 amide bonds. The largest absolute Gasteiger partial charge is 0.369 e. The average Bonchev–Trinajstić information content (AvgIpc) is 2.42. The van der Waals surface area contributed by atoms with Crippen molar-refractivity contribution in [2.24, 2.45) is 5.73 Å². The predicted molar refractivity (Wildman–Crippen MR) is 77.5 cm³/mol. The lowest BCUT2D eigenvalue weighted by atomic mass is 10.1. The first-order valence-corrected chi connectivity index (χ1v) is 7.29. The van der Waals surface area contributed by atoms with E-state index in [1.54, 1.807) is 12.1 Å². The summed E-state index contributed by atoms with van der Waals surface area (Å²) in [7, 11) is 0. The Morgan fingerprint density at radius 1 is 1.21 bits per heavy atom. The zero-order chi connectivity index (χ0) is 14.1. The highest BCUT2D eigenvalue weighted by molar-refractivity contribution is 5.20. The third-order valence-electron chi connectivity index (χ3n) is 3.33. The molecule has 1 aromatic rings. The van der Waals surface area contributed by atoms with Gasteiger partial charge >= 0.3 is 0 Å². The molecule has 0 spiro atoms. The van der Waals surface area contributed by atoms with Crippen molar-refractivity contribution < 1.29 is 9.13 Å². The summed E-state index contributed by atoms with van der Waals surface area (Å²) in [6.07, 6.45) is 5.66. The summed E-state index contributed by atoms with van der Waals surface area (Å²) < 4.78 is 19.6. The quantitative estimate of drug-likeness (QED) is 0.680. The molecule has 0 aromatic heterocycles. The van der Waals surface area contributed by atoms with Gasteiger partial charge in [0.2, 0.25) is 0 Å². The minimum Gasteiger partial charge on any atom is -0.369 e. The molecule has 108 valence electrons. The summed E-state index contributed by atoms with van der Waals surface area (Å²) in [6, 6.07) is 6.70. The zero-order valence-corrected chi connectivity index (χ0v) is 12.1. The standard InChI is InChI=1S/C16H26FNO/c1-3-4-5-6-9-13(2)19-16(12-18)14-10-7-8-11-15(14)17/h7-8,10-11,13,16H,3-6,9,12,18H2,1-2H3. The molecule has 2 nitrogen and oxygen atoms in total. The number of hydrogen-bond donors (Lipinski definition) is 1. The Morgan fingerprint density at radius 2 is 1.95 bits per heavy atom. The molecule has 2 atom stereocenters. The number of hydrogen-bond acceptors (Lipinski definition) is 2. The van der Waals surface area contributed by atoms with Gasteiger partial charge in [-0.15, -0.1) is 0 Å². The third kappa shape index (κ3) is 5.70. The van der Waals surface area contributed by atoms with E-state index < -0.39 is 0 Å². The number of nitrogens with two attached hydrogens (primary N) is 1. The molecule has 0 aliphatic rings. The molecule has 19 heavy (non-hydrogen) atoms. The van der Waals surface area contributed by atoms with Crippen molar-refractivity contribution in [3.05, 3.63) is 35.6 Å². The van der Waals surface area contributed by atoms with Crippen molar-refractivity contribution in [2.45, 2.75) is 58.2 Å². The molecule has 1 rings (SSSR count). The van der Waals surface area contributed by atoms with Gasteiger partial charge < -0.3 is 10.5 Å². The van der Waals surface area contributed by atoms with Crippen LogP contribution in [0.4, 0.5) is 4.39 Å². The van der Waals surface area contributed by atoms with Gasteiger partial charge in [-0.1, -0.05) is 50.8 Å². The van der Waals surface area contributed by atoms with E-state index in [9.17, 15) is 4.39 Å². The fourth-order valence-corrected chi connectivity index (χ4v) is 2.20. The van der Waals surface area contributed by atoms with Gasteiger partial charge in [0.1, 0.15) is 5.82 Å². The van der Waals surface area contributed by atoms with Gasteiger partial charge in [0.05, 0.1) is 12.2 Å². The smallest absolute Gasteiger partial charge is 0.129 e. The first-order chi connectivity index (χ1) is 9.19. The van der Waals surface area contributed by atoms with Crippen LogP contribution in [0, 0.1) is 5.82 Å². The van der Waals surface area contributed by atoms with Crippen LogP contribution in [0.15, 0.2) is 24.3 Å². The summed E-state index contributed by atoms with van der Waals surface area (Å²) in [5, 5.41) is 0. The van der Waals surface area contributed by atoms with Gasteiger partial charge in [-0.25, -0.2) is 4.39 Å². The van der Waals surface area contributed by atoms with Crippen LogP contribution in [0.25, 0.3) is 0 Å². The van der Waals surface area contributed by atoms with Crippen molar-refractivity contribution in [1.29, 1.82) is 0 Å². The first kappa shape index (κ1) is 16.1. The van der Waals surface area contributed by atoms with Crippen LogP contribution in [0.3, 0.4) is 0 Å². The minimum atomic E-state index is -0.345. The van der Waals surface area contributed by atoms with Crippen molar-refractivity contribution in [1.82, 2.24) is 0 Å². The molecule has 0 heterocycles. The second-order valence-electron chi connectivity index (χ2n) is 5.04. The highest BCUT2D eigenvalue weighted by Crippen LogP contribution is 2.22. The molecular formula is C16H26FNO. The molecule has 0 fully saturated rings. The van der Waals surface area contributed by atoms with Gasteiger partial charge in [0, 0.05) is 12.1 Å². The first-order valence-electron chi connectivity index (χ1n) is 7.29. The maximum atomic E-state index is 13.7. The van der Waals surface area contributed by atoms with Gasteiger partial charge in [0.25, 0.3) is 0 Å². The predicted octanol–water partition coefficient (Wildman–Crippen LogP) is 4.20. The van der Waals surface area contributed by atoms with Crippen molar-refractivity contribution in [3.63, 3.8) is 0 Å². The summed E-state index contributed by atoms with van der Waals surface area (Å²) in [5.74, 6) is -0.240. The van der Waals surface area contributed by atoms with Crippen LogP contribution in [-0.4, -0.2) is 12.6 Å². The maximum absolute atomic E-state index is 13.7. The van der Waals surface area contributed by atoms with Gasteiger partial charge in [-0.2, -0.15) is 0 Å². The SMILES string of the molecule is CCCCCCC(C)OC(CN)c1ccccc1F. The molecule has 0 aliphatic carbocycles. The Balaban J connectivity index is 2.46. The van der Waals surface area contributed by atoms with Crippen molar-refractivity contribution in [2.75, 3.05) is 6.54 Å². The van der Waals surface area contributed by atoms with E-state index in [4.69, 9.17) is 10.5 Å². The van der Waals surface area contributed by atoms with Crippen LogP contribution < -0.4 is 5.73 Å². The molecule has 0 saturated carbocycles. The maximum Gasteiger partial charge on any atom is 0.129 e. The van der Waals surface area contributed by atoms with Crippen LogP contribution in [-0.2, 0) is 4.74 Å². The summed E-state index contributed by atoms with van der Waals surface area (Å²) in [4.78, 5) is 0. The van der Waals surface area contributed by atoms with E-state index >= 15 is 0 Å². The summed E-state index contributed by atoms with van der Waals surface area (Å²) in [6.45, 7) is 4.54. The second kappa shape index (κ2) is 9.05. The van der Waals surface area contributed by atoms with Crippen LogP contribution in [0.1, 0.15) is 57.6 Å². The Labute approximate surface area is 116 Å². The van der Waals surface area contributed by atoms with E-state index in [-0.39, 0.29) is 18.0 Å². The topological polar surface area (TPSA) is 35.2 Å². The highest BCUT2D eigenvalue weighted by Gasteiger charge is 2.17. The summed E-state index contributed by atoms with van der Waals surface area (Å²) >= 11 is 0. The summed E-state index contributed by atoms with van der Waals surface area (Å²) in [5.41, 5.74) is 6.27. The lowest BCUT2D eigenvalue weighted by Gasteiger charge is -2.22. The van der Waals surface area contributed by atoms with Crippen molar-refractivity contribution >= 4 is 0 Å². The molecule has 3 heteroatoms. The number of unbranched alkanes of at least 4 members (excludes halogenated alkanes) is 3. The molecule has 0 bridgehead atoms. The second-order valence-corrected chi connectivity index (χ2v) is 5.04. The normalized spacial score (nSPS) is 14.3. The van der Waals surface area contributed by atoms with Gasteiger partial charge in [-0.05, 0) is 19.4 Å². The number of benzene rings is 1. The molecule has 0 saturated heterocycles. The molecule has 1 aromatic carbocycles. The Bertz CT molecular complexity index is 356. The Kier molecular flexibility index (Phi) is 7.68. The fourth-order valence-electron chi connectivity index (χ4n) is 2.20. The number of halogens is 1. The van der Waals surface area contributed by atoms with Crippen LogP contribution >= 0.6 is 0 Å². The average molecular weight is 267 g/mol. The highest BCUT2D eigenvalue weighted by atomic mass is 19.1. The number of rotatable bonds is 9. The molecular weight excluding hydrogens is 241 g/mol. The Morgan fingerprint density at radius 3 is 2.58 bits per heavy atom. The lowest BCUT2D eigenvalue weighted by Crippen LogP contribution is -2.21. The van der Waals surface area contributed by atoms with Gasteiger partial charge in [-0.3, -0.25) is 0 Å². The van der Waals surface area contributed by atoms with E-state index in [0.29, 0.717) is 12.1 Å². The van der Waals surface area contributed by atoms with E-state index in [0.717, 1.165) is 12.8 Å². The van der Waals surface area contributed by atoms with Crippen molar-refractivity contribution in [3.8, 4) is 0 Å². The van der Waals surface area contributed by atoms with E-state index in [2.05, 4.69) is 6.92 Å². The molecule has 2 N–H and O–H groups in total. The van der Waals surface area contributed by atoms with Crippen LogP contribution in [0.5, 0.6) is 0 Å². The third-order valence-corrected chi connectivity index (χ3v) is 3.33. The Hall–Kier alpha value is -0.930. The monoisotopic (exact) mass is 267 g/mol. The van der Waals surface area contributed by atoms with Gasteiger partial charge in [0.15, 0.2) is 0 Å². The molecule has 0 radical (unpaired) electrons.